The van der Waals surface area contributed by atoms with Crippen LogP contribution in [0.2, 0.25) is 5.02 Å². The van der Waals surface area contributed by atoms with Crippen molar-refractivity contribution in [3.63, 3.8) is 0 Å². The van der Waals surface area contributed by atoms with Crippen LogP contribution >= 0.6 is 11.6 Å². The molecule has 92 valence electrons. The first-order valence-corrected chi connectivity index (χ1v) is 6.32. The zero-order valence-corrected chi connectivity index (χ0v) is 10.7. The number of hydrogen-bond donors (Lipinski definition) is 2. The zero-order valence-electron chi connectivity index (χ0n) is 9.92. The van der Waals surface area contributed by atoms with Crippen molar-refractivity contribution in [3.8, 4) is 0 Å². The summed E-state index contributed by atoms with van der Waals surface area (Å²) in [5.74, 6) is -0.0411. The molecule has 2 N–H and O–H groups in total. The average Bonchev–Trinajstić information content (AvgIpc) is 2.34. The highest BCUT2D eigenvalue weighted by molar-refractivity contribution is 6.31. The normalized spacial score (nSPS) is 20.0. The highest BCUT2D eigenvalue weighted by atomic mass is 35.5. The lowest BCUT2D eigenvalue weighted by molar-refractivity contribution is 0.0930. The molecule has 0 spiro atoms. The molecule has 3 nitrogen and oxygen atoms in total. The van der Waals surface area contributed by atoms with Gasteiger partial charge in [-0.05, 0) is 44.0 Å². The van der Waals surface area contributed by atoms with E-state index in [1.165, 1.54) is 0 Å². The maximum absolute atomic E-state index is 12.0. The van der Waals surface area contributed by atoms with Gasteiger partial charge in [0.05, 0.1) is 0 Å². The number of amides is 1. The van der Waals surface area contributed by atoms with Crippen LogP contribution in [0, 0.1) is 6.92 Å². The SMILES string of the molecule is Cc1ccc(C(=O)NC2CCCNC2)cc1Cl. The predicted octanol–water partition coefficient (Wildman–Crippen LogP) is 2.13. The van der Waals surface area contributed by atoms with E-state index in [1.807, 2.05) is 19.1 Å². The number of hydrogen-bond acceptors (Lipinski definition) is 2. The van der Waals surface area contributed by atoms with Gasteiger partial charge in [0.1, 0.15) is 0 Å². The van der Waals surface area contributed by atoms with E-state index in [-0.39, 0.29) is 11.9 Å². The van der Waals surface area contributed by atoms with Crippen molar-refractivity contribution in [1.82, 2.24) is 10.6 Å². The molecule has 1 aromatic rings. The van der Waals surface area contributed by atoms with Crippen LogP contribution in [-0.2, 0) is 0 Å². The van der Waals surface area contributed by atoms with Crippen molar-refractivity contribution in [2.45, 2.75) is 25.8 Å². The fourth-order valence-corrected chi connectivity index (χ4v) is 2.16. The smallest absolute Gasteiger partial charge is 0.251 e. The zero-order chi connectivity index (χ0) is 12.3. The molecular weight excluding hydrogens is 236 g/mol. The van der Waals surface area contributed by atoms with Gasteiger partial charge in [-0.25, -0.2) is 0 Å². The second kappa shape index (κ2) is 5.52. The molecule has 1 unspecified atom stereocenters. The van der Waals surface area contributed by atoms with E-state index in [1.54, 1.807) is 6.07 Å². The van der Waals surface area contributed by atoms with Crippen molar-refractivity contribution in [1.29, 1.82) is 0 Å². The molecule has 1 heterocycles. The van der Waals surface area contributed by atoms with Gasteiger partial charge in [-0.2, -0.15) is 0 Å². The van der Waals surface area contributed by atoms with Gasteiger partial charge < -0.3 is 10.6 Å². The molecule has 1 aromatic carbocycles. The van der Waals surface area contributed by atoms with Crippen LogP contribution < -0.4 is 10.6 Å². The number of rotatable bonds is 2. The summed E-state index contributed by atoms with van der Waals surface area (Å²) in [6, 6.07) is 5.64. The number of carbonyl (C=O) groups is 1. The average molecular weight is 253 g/mol. The molecule has 0 radical (unpaired) electrons. The molecule has 4 heteroatoms. The van der Waals surface area contributed by atoms with Gasteiger partial charge in [0.2, 0.25) is 0 Å². The van der Waals surface area contributed by atoms with Gasteiger partial charge in [0.15, 0.2) is 0 Å². The quantitative estimate of drug-likeness (QED) is 0.847. The predicted molar refractivity (Wildman–Crippen MR) is 69.5 cm³/mol. The van der Waals surface area contributed by atoms with Crippen LogP contribution in [-0.4, -0.2) is 25.0 Å². The minimum Gasteiger partial charge on any atom is -0.348 e. The Balaban J connectivity index is 2.01. The van der Waals surface area contributed by atoms with Gasteiger partial charge in [-0.15, -0.1) is 0 Å². The topological polar surface area (TPSA) is 41.1 Å². The number of halogens is 1. The molecule has 0 aromatic heterocycles. The molecule has 1 saturated heterocycles. The largest absolute Gasteiger partial charge is 0.348 e. The maximum Gasteiger partial charge on any atom is 0.251 e. The van der Waals surface area contributed by atoms with Crippen LogP contribution in [0.1, 0.15) is 28.8 Å². The second-order valence-electron chi connectivity index (χ2n) is 4.48. The van der Waals surface area contributed by atoms with Gasteiger partial charge in [0, 0.05) is 23.2 Å². The van der Waals surface area contributed by atoms with Crippen LogP contribution in [0.5, 0.6) is 0 Å². The Morgan fingerprint density at radius 2 is 2.35 bits per heavy atom. The maximum atomic E-state index is 12.0. The van der Waals surface area contributed by atoms with E-state index in [9.17, 15) is 4.79 Å². The van der Waals surface area contributed by atoms with E-state index in [4.69, 9.17) is 11.6 Å². The molecule has 0 bridgehead atoms. The number of nitrogens with one attached hydrogen (secondary N) is 2. The highest BCUT2D eigenvalue weighted by Gasteiger charge is 2.16. The highest BCUT2D eigenvalue weighted by Crippen LogP contribution is 2.16. The molecule has 0 aliphatic carbocycles. The number of aryl methyl sites for hydroxylation is 1. The van der Waals surface area contributed by atoms with E-state index in [0.717, 1.165) is 31.5 Å². The summed E-state index contributed by atoms with van der Waals surface area (Å²) in [6.45, 7) is 3.82. The first-order chi connectivity index (χ1) is 8.16. The number of benzene rings is 1. The summed E-state index contributed by atoms with van der Waals surface area (Å²) in [4.78, 5) is 12.0. The molecule has 1 fully saturated rings. The summed E-state index contributed by atoms with van der Waals surface area (Å²) in [5.41, 5.74) is 1.62. The van der Waals surface area contributed by atoms with Crippen molar-refractivity contribution in [3.05, 3.63) is 34.3 Å². The molecule has 17 heavy (non-hydrogen) atoms. The summed E-state index contributed by atoms with van der Waals surface area (Å²) in [6.07, 6.45) is 2.15. The van der Waals surface area contributed by atoms with E-state index in [2.05, 4.69) is 10.6 Å². The summed E-state index contributed by atoms with van der Waals surface area (Å²) < 4.78 is 0. The van der Waals surface area contributed by atoms with Crippen LogP contribution in [0.4, 0.5) is 0 Å². The van der Waals surface area contributed by atoms with E-state index < -0.39 is 0 Å². The summed E-state index contributed by atoms with van der Waals surface area (Å²) >= 11 is 6.01. The monoisotopic (exact) mass is 252 g/mol. The molecule has 1 aliphatic heterocycles. The lowest BCUT2D eigenvalue weighted by Crippen LogP contribution is -2.45. The first kappa shape index (κ1) is 12.4. The lowest BCUT2D eigenvalue weighted by atomic mass is 10.1. The third kappa shape index (κ3) is 3.20. The summed E-state index contributed by atoms with van der Waals surface area (Å²) in [7, 11) is 0. The fourth-order valence-electron chi connectivity index (χ4n) is 1.98. The molecule has 1 atom stereocenters. The molecule has 0 saturated carbocycles. The van der Waals surface area contributed by atoms with Gasteiger partial charge in [0.25, 0.3) is 5.91 Å². The Morgan fingerprint density at radius 1 is 1.53 bits per heavy atom. The van der Waals surface area contributed by atoms with E-state index >= 15 is 0 Å². The standard InChI is InChI=1S/C13H17ClN2O/c1-9-4-5-10(7-12(9)14)13(17)16-11-3-2-6-15-8-11/h4-5,7,11,15H,2-3,6,8H2,1H3,(H,16,17). The van der Waals surface area contributed by atoms with Crippen molar-refractivity contribution in [2.24, 2.45) is 0 Å². The second-order valence-corrected chi connectivity index (χ2v) is 4.89. The van der Waals surface area contributed by atoms with Crippen molar-refractivity contribution >= 4 is 17.5 Å². The lowest BCUT2D eigenvalue weighted by Gasteiger charge is -2.23. The van der Waals surface area contributed by atoms with Crippen LogP contribution in [0.15, 0.2) is 18.2 Å². The fraction of sp³-hybridized carbons (Fsp3) is 0.462. The van der Waals surface area contributed by atoms with Gasteiger partial charge in [-0.1, -0.05) is 17.7 Å². The first-order valence-electron chi connectivity index (χ1n) is 5.94. The molecular formula is C13H17ClN2O. The molecule has 1 amide bonds. The van der Waals surface area contributed by atoms with Crippen molar-refractivity contribution < 1.29 is 4.79 Å². The Kier molecular flexibility index (Phi) is 4.02. The van der Waals surface area contributed by atoms with Crippen molar-refractivity contribution in [2.75, 3.05) is 13.1 Å². The Morgan fingerprint density at radius 3 is 3.00 bits per heavy atom. The van der Waals surface area contributed by atoms with Gasteiger partial charge >= 0.3 is 0 Å². The van der Waals surface area contributed by atoms with Gasteiger partial charge in [-0.3, -0.25) is 4.79 Å². The Hall–Kier alpha value is -1.06. The third-order valence-corrected chi connectivity index (χ3v) is 3.47. The Labute approximate surface area is 107 Å². The van der Waals surface area contributed by atoms with E-state index in [0.29, 0.717) is 10.6 Å². The number of carbonyl (C=O) groups excluding carboxylic acids is 1. The van der Waals surface area contributed by atoms with Crippen LogP contribution in [0.25, 0.3) is 0 Å². The molecule has 1 aliphatic rings. The minimum atomic E-state index is -0.0411. The number of piperidine rings is 1. The van der Waals surface area contributed by atoms with Crippen LogP contribution in [0.3, 0.4) is 0 Å². The third-order valence-electron chi connectivity index (χ3n) is 3.07. The summed E-state index contributed by atoms with van der Waals surface area (Å²) in [5, 5.41) is 6.93. The Bertz CT molecular complexity index is 414. The molecule has 2 rings (SSSR count). The minimum absolute atomic E-state index is 0.0411.